The van der Waals surface area contributed by atoms with E-state index in [0.29, 0.717) is 0 Å². The average molecular weight is 252 g/mol. The van der Waals surface area contributed by atoms with Gasteiger partial charge in [0.15, 0.2) is 11.5 Å². The summed E-state index contributed by atoms with van der Waals surface area (Å²) in [6, 6.07) is 6.94. The number of epoxide rings is 1. The smallest absolute Gasteiger partial charge is 0.342 e. The van der Waals surface area contributed by atoms with Crippen molar-refractivity contribution in [1.82, 2.24) is 0 Å². The fourth-order valence-corrected chi connectivity index (χ4v) is 2.86. The fraction of sp³-hybridized carbons (Fsp3) is 0.333. The molecule has 1 aliphatic heterocycles. The summed E-state index contributed by atoms with van der Waals surface area (Å²) in [5.74, 6) is 0. The SMILES string of the molecule is O=S(=O)(c1ccccc1)[C@H]1O[C@H]1C(F)(F)F. The van der Waals surface area contributed by atoms with E-state index < -0.39 is 27.6 Å². The Morgan fingerprint density at radius 3 is 2.12 bits per heavy atom. The zero-order valence-electron chi connectivity index (χ0n) is 7.81. The summed E-state index contributed by atoms with van der Waals surface area (Å²) in [4.78, 5) is -0.160. The van der Waals surface area contributed by atoms with Gasteiger partial charge < -0.3 is 4.74 Å². The first-order valence-corrected chi connectivity index (χ1v) is 5.89. The highest BCUT2D eigenvalue weighted by Crippen LogP contribution is 2.42. The molecule has 0 spiro atoms. The van der Waals surface area contributed by atoms with Gasteiger partial charge in [-0.15, -0.1) is 0 Å². The lowest BCUT2D eigenvalue weighted by Crippen LogP contribution is -2.22. The Labute approximate surface area is 89.8 Å². The predicted molar refractivity (Wildman–Crippen MR) is 48.3 cm³/mol. The number of rotatable bonds is 2. The van der Waals surface area contributed by atoms with Crippen molar-refractivity contribution in [3.8, 4) is 0 Å². The van der Waals surface area contributed by atoms with Crippen molar-refractivity contribution in [3.05, 3.63) is 30.3 Å². The Morgan fingerprint density at radius 1 is 1.12 bits per heavy atom. The molecule has 0 aromatic heterocycles. The van der Waals surface area contributed by atoms with Gasteiger partial charge in [-0.05, 0) is 12.1 Å². The molecule has 2 rings (SSSR count). The minimum atomic E-state index is -4.63. The van der Waals surface area contributed by atoms with Crippen LogP contribution in [0.15, 0.2) is 35.2 Å². The second-order valence-electron chi connectivity index (χ2n) is 3.32. The number of halogens is 3. The van der Waals surface area contributed by atoms with E-state index in [0.717, 1.165) is 0 Å². The van der Waals surface area contributed by atoms with Gasteiger partial charge in [0.2, 0.25) is 9.84 Å². The van der Waals surface area contributed by atoms with E-state index in [1.165, 1.54) is 24.3 Å². The lowest BCUT2D eigenvalue weighted by atomic mass is 10.4. The number of benzene rings is 1. The van der Waals surface area contributed by atoms with E-state index in [1.54, 1.807) is 6.07 Å². The lowest BCUT2D eigenvalue weighted by Gasteiger charge is -2.02. The third-order valence-electron chi connectivity index (χ3n) is 2.15. The highest BCUT2D eigenvalue weighted by Gasteiger charge is 2.64. The molecule has 1 aliphatic rings. The molecule has 0 aliphatic carbocycles. The van der Waals surface area contributed by atoms with E-state index in [4.69, 9.17) is 0 Å². The van der Waals surface area contributed by atoms with Crippen LogP contribution in [0.25, 0.3) is 0 Å². The first-order chi connectivity index (χ1) is 7.33. The maximum absolute atomic E-state index is 12.1. The molecule has 0 bridgehead atoms. The molecule has 0 saturated carbocycles. The first-order valence-electron chi connectivity index (χ1n) is 4.34. The third kappa shape index (κ3) is 1.92. The zero-order chi connectivity index (χ0) is 12.0. The molecule has 2 atom stereocenters. The molecule has 88 valence electrons. The van der Waals surface area contributed by atoms with Gasteiger partial charge >= 0.3 is 6.18 Å². The minimum absolute atomic E-state index is 0.160. The maximum atomic E-state index is 12.1. The van der Waals surface area contributed by atoms with Gasteiger partial charge in [0, 0.05) is 0 Å². The zero-order valence-corrected chi connectivity index (χ0v) is 8.62. The van der Waals surface area contributed by atoms with Crippen molar-refractivity contribution in [2.75, 3.05) is 0 Å². The van der Waals surface area contributed by atoms with E-state index in [9.17, 15) is 21.6 Å². The molecule has 0 N–H and O–H groups in total. The summed E-state index contributed by atoms with van der Waals surface area (Å²) in [7, 11) is -4.04. The number of hydrogen-bond acceptors (Lipinski definition) is 3. The van der Waals surface area contributed by atoms with Crippen LogP contribution in [-0.2, 0) is 14.6 Å². The first kappa shape index (κ1) is 11.4. The van der Waals surface area contributed by atoms with Crippen molar-refractivity contribution < 1.29 is 26.3 Å². The van der Waals surface area contributed by atoms with Gasteiger partial charge in [0.05, 0.1) is 4.90 Å². The topological polar surface area (TPSA) is 46.7 Å². The Morgan fingerprint density at radius 2 is 1.69 bits per heavy atom. The standard InChI is InChI=1S/C9H7F3O3S/c10-9(11,12)7-8(15-7)16(13,14)6-4-2-1-3-5-6/h1-5,7-8H/t7-,8-/m1/s1. The van der Waals surface area contributed by atoms with Crippen LogP contribution in [0.2, 0.25) is 0 Å². The molecule has 1 fully saturated rings. The van der Waals surface area contributed by atoms with Gasteiger partial charge in [0.25, 0.3) is 0 Å². The van der Waals surface area contributed by atoms with Crippen LogP contribution in [0, 0.1) is 0 Å². The monoisotopic (exact) mass is 252 g/mol. The number of hydrogen-bond donors (Lipinski definition) is 0. The summed E-state index contributed by atoms with van der Waals surface area (Å²) < 4.78 is 63.9. The molecule has 16 heavy (non-hydrogen) atoms. The molecule has 0 unspecified atom stereocenters. The van der Waals surface area contributed by atoms with Crippen LogP contribution in [0.5, 0.6) is 0 Å². The normalized spacial score (nSPS) is 25.4. The second kappa shape index (κ2) is 3.46. The molecule has 1 aromatic carbocycles. The molecule has 0 radical (unpaired) electrons. The van der Waals surface area contributed by atoms with E-state index in [2.05, 4.69) is 4.74 Å². The fourth-order valence-electron chi connectivity index (χ4n) is 1.31. The van der Waals surface area contributed by atoms with Crippen LogP contribution in [-0.4, -0.2) is 26.1 Å². The molecule has 0 amide bonds. The van der Waals surface area contributed by atoms with Gasteiger partial charge in [-0.3, -0.25) is 0 Å². The quantitative estimate of drug-likeness (QED) is 0.753. The van der Waals surface area contributed by atoms with E-state index >= 15 is 0 Å². The maximum Gasteiger partial charge on any atom is 0.418 e. The van der Waals surface area contributed by atoms with Crippen LogP contribution >= 0.6 is 0 Å². The van der Waals surface area contributed by atoms with Crippen LogP contribution in [0.3, 0.4) is 0 Å². The van der Waals surface area contributed by atoms with Gasteiger partial charge in [-0.1, -0.05) is 18.2 Å². The average Bonchev–Trinajstić information content (AvgIpc) is 2.98. The second-order valence-corrected chi connectivity index (χ2v) is 5.35. The van der Waals surface area contributed by atoms with Gasteiger partial charge in [-0.2, -0.15) is 13.2 Å². The van der Waals surface area contributed by atoms with Crippen molar-refractivity contribution in [2.24, 2.45) is 0 Å². The molecule has 7 heteroatoms. The summed E-state index contributed by atoms with van der Waals surface area (Å²) in [5.41, 5.74) is -1.80. The highest BCUT2D eigenvalue weighted by molar-refractivity contribution is 7.92. The Hall–Kier alpha value is -1.08. The predicted octanol–water partition coefficient (Wildman–Crippen LogP) is 1.75. The number of ether oxygens (including phenoxy) is 1. The lowest BCUT2D eigenvalue weighted by molar-refractivity contribution is -0.146. The Kier molecular flexibility index (Phi) is 2.47. The molecule has 1 saturated heterocycles. The summed E-state index contributed by atoms with van der Waals surface area (Å²) in [5, 5.41) is 0. The van der Waals surface area contributed by atoms with Crippen LogP contribution < -0.4 is 0 Å². The molecule has 3 nitrogen and oxygen atoms in total. The number of alkyl halides is 3. The number of sulfone groups is 1. The minimum Gasteiger partial charge on any atom is -0.342 e. The summed E-state index contributed by atoms with van der Waals surface area (Å²) >= 11 is 0. The van der Waals surface area contributed by atoms with Crippen molar-refractivity contribution in [1.29, 1.82) is 0 Å². The Bertz CT molecular complexity index is 480. The van der Waals surface area contributed by atoms with Crippen LogP contribution in [0.4, 0.5) is 13.2 Å². The summed E-state index contributed by atoms with van der Waals surface area (Å²) in [6.07, 6.45) is -6.83. The molecule has 1 aromatic rings. The van der Waals surface area contributed by atoms with E-state index in [1.807, 2.05) is 0 Å². The third-order valence-corrected chi connectivity index (χ3v) is 4.05. The molecular formula is C9H7F3O3S. The Balaban J connectivity index is 2.25. The van der Waals surface area contributed by atoms with Gasteiger partial charge in [-0.25, -0.2) is 8.42 Å². The molecular weight excluding hydrogens is 245 g/mol. The summed E-state index contributed by atoms with van der Waals surface area (Å²) in [6.45, 7) is 0. The van der Waals surface area contributed by atoms with Gasteiger partial charge in [0.1, 0.15) is 0 Å². The van der Waals surface area contributed by atoms with Crippen LogP contribution in [0.1, 0.15) is 0 Å². The van der Waals surface area contributed by atoms with Crippen molar-refractivity contribution in [3.63, 3.8) is 0 Å². The highest BCUT2D eigenvalue weighted by atomic mass is 32.2. The van der Waals surface area contributed by atoms with E-state index in [-0.39, 0.29) is 4.90 Å². The van der Waals surface area contributed by atoms with Crippen molar-refractivity contribution in [2.45, 2.75) is 22.6 Å². The van der Waals surface area contributed by atoms with Crippen molar-refractivity contribution >= 4 is 9.84 Å². The molecule has 1 heterocycles. The largest absolute Gasteiger partial charge is 0.418 e.